The summed E-state index contributed by atoms with van der Waals surface area (Å²) < 4.78 is 0. The molecular formula is C40H32N2. The molecule has 0 aliphatic carbocycles. The predicted octanol–water partition coefficient (Wildman–Crippen LogP) is 10.5. The second-order valence-corrected chi connectivity index (χ2v) is 11.3. The van der Waals surface area contributed by atoms with Gasteiger partial charge in [0, 0.05) is 34.1 Å². The van der Waals surface area contributed by atoms with Crippen LogP contribution >= 0.6 is 0 Å². The SMILES string of the molecule is c1ccc2c(c1)CCc1ccccc1N2c1ccc(-c2ccc(N3c4ccccc4CCc4ccccc43)cc2)cc1. The normalized spacial score (nSPS) is 13.7. The lowest BCUT2D eigenvalue weighted by molar-refractivity contribution is 0.977. The second-order valence-electron chi connectivity index (χ2n) is 11.3. The maximum Gasteiger partial charge on any atom is 0.0493 e. The molecule has 8 rings (SSSR count). The molecule has 0 saturated carbocycles. The molecule has 2 nitrogen and oxygen atoms in total. The fourth-order valence-electron chi connectivity index (χ4n) is 6.72. The molecule has 2 aliphatic rings. The maximum absolute atomic E-state index is 2.43. The van der Waals surface area contributed by atoms with E-state index in [0.29, 0.717) is 0 Å². The van der Waals surface area contributed by atoms with E-state index < -0.39 is 0 Å². The highest BCUT2D eigenvalue weighted by Gasteiger charge is 2.23. The molecule has 0 amide bonds. The van der Waals surface area contributed by atoms with Crippen LogP contribution in [0.4, 0.5) is 34.1 Å². The van der Waals surface area contributed by atoms with Crippen LogP contribution < -0.4 is 9.80 Å². The molecule has 2 aliphatic heterocycles. The minimum atomic E-state index is 1.06. The number of anilines is 6. The van der Waals surface area contributed by atoms with Crippen LogP contribution in [0.5, 0.6) is 0 Å². The molecule has 0 bridgehead atoms. The van der Waals surface area contributed by atoms with Crippen LogP contribution in [0.1, 0.15) is 22.3 Å². The summed E-state index contributed by atoms with van der Waals surface area (Å²) in [6, 6.07) is 53.4. The summed E-state index contributed by atoms with van der Waals surface area (Å²) in [5.74, 6) is 0. The van der Waals surface area contributed by atoms with Gasteiger partial charge in [-0.2, -0.15) is 0 Å². The molecule has 202 valence electrons. The Bertz CT molecular complexity index is 1650. The van der Waals surface area contributed by atoms with Crippen molar-refractivity contribution in [3.63, 3.8) is 0 Å². The van der Waals surface area contributed by atoms with Crippen molar-refractivity contribution >= 4 is 34.1 Å². The van der Waals surface area contributed by atoms with Crippen LogP contribution in [-0.4, -0.2) is 0 Å². The summed E-state index contributed by atoms with van der Waals surface area (Å²) in [6.07, 6.45) is 4.22. The van der Waals surface area contributed by atoms with Crippen molar-refractivity contribution < 1.29 is 0 Å². The quantitative estimate of drug-likeness (QED) is 0.220. The molecule has 0 spiro atoms. The largest absolute Gasteiger partial charge is 0.310 e. The van der Waals surface area contributed by atoms with Crippen molar-refractivity contribution in [2.24, 2.45) is 0 Å². The fraction of sp³-hybridized carbons (Fsp3) is 0.100. The molecule has 0 fully saturated rings. The number of fused-ring (bicyclic) bond motifs is 4. The van der Waals surface area contributed by atoms with Crippen molar-refractivity contribution in [2.75, 3.05) is 9.80 Å². The number of benzene rings is 6. The molecular weight excluding hydrogens is 508 g/mol. The van der Waals surface area contributed by atoms with Gasteiger partial charge in [-0.05, 0) is 108 Å². The van der Waals surface area contributed by atoms with E-state index in [-0.39, 0.29) is 0 Å². The topological polar surface area (TPSA) is 6.48 Å². The summed E-state index contributed by atoms with van der Waals surface area (Å²) in [7, 11) is 0. The van der Waals surface area contributed by atoms with Gasteiger partial charge in [0.05, 0.1) is 0 Å². The van der Waals surface area contributed by atoms with Gasteiger partial charge in [-0.3, -0.25) is 0 Å². The Kier molecular flexibility index (Phi) is 6.11. The molecule has 0 unspecified atom stereocenters. The van der Waals surface area contributed by atoms with Crippen LogP contribution in [0.3, 0.4) is 0 Å². The molecule has 0 N–H and O–H groups in total. The standard InChI is InChI=1S/C40H32N2/c1-5-13-37-31(9-1)17-18-32-10-2-6-14-38(32)41(37)35-25-21-29(22-26-35)30-23-27-36(28-24-30)42-39-15-7-3-11-33(39)19-20-34-12-4-8-16-40(34)42/h1-16,21-28H,17-20H2. The summed E-state index contributed by atoms with van der Waals surface area (Å²) in [5.41, 5.74) is 15.5. The molecule has 42 heavy (non-hydrogen) atoms. The summed E-state index contributed by atoms with van der Waals surface area (Å²) in [5, 5.41) is 0. The van der Waals surface area contributed by atoms with E-state index >= 15 is 0 Å². The van der Waals surface area contributed by atoms with E-state index in [4.69, 9.17) is 0 Å². The molecule has 2 heterocycles. The van der Waals surface area contributed by atoms with Gasteiger partial charge in [0.25, 0.3) is 0 Å². The van der Waals surface area contributed by atoms with Crippen LogP contribution in [0, 0.1) is 0 Å². The first-order valence-corrected chi connectivity index (χ1v) is 15.0. The third-order valence-corrected chi connectivity index (χ3v) is 8.84. The van der Waals surface area contributed by atoms with Crippen molar-refractivity contribution in [2.45, 2.75) is 25.7 Å². The molecule has 0 aromatic heterocycles. The Morgan fingerprint density at radius 1 is 0.286 bits per heavy atom. The van der Waals surface area contributed by atoms with Crippen LogP contribution in [0.25, 0.3) is 11.1 Å². The lowest BCUT2D eigenvalue weighted by Crippen LogP contribution is -2.11. The Morgan fingerprint density at radius 3 is 0.833 bits per heavy atom. The van der Waals surface area contributed by atoms with Gasteiger partial charge in [0.15, 0.2) is 0 Å². The number of rotatable bonds is 3. The van der Waals surface area contributed by atoms with E-state index in [0.717, 1.165) is 25.7 Å². The van der Waals surface area contributed by atoms with Crippen LogP contribution in [-0.2, 0) is 25.7 Å². The first kappa shape index (κ1) is 24.7. The van der Waals surface area contributed by atoms with E-state index in [1.54, 1.807) is 0 Å². The number of hydrogen-bond acceptors (Lipinski definition) is 2. The third kappa shape index (κ3) is 4.28. The van der Waals surface area contributed by atoms with Gasteiger partial charge < -0.3 is 9.80 Å². The zero-order chi connectivity index (χ0) is 27.9. The molecule has 0 saturated heterocycles. The average molecular weight is 541 g/mol. The Balaban J connectivity index is 1.15. The van der Waals surface area contributed by atoms with Gasteiger partial charge in [0.1, 0.15) is 0 Å². The minimum absolute atomic E-state index is 1.06. The smallest absolute Gasteiger partial charge is 0.0493 e. The van der Waals surface area contributed by atoms with Gasteiger partial charge in [0.2, 0.25) is 0 Å². The van der Waals surface area contributed by atoms with Gasteiger partial charge in [-0.1, -0.05) is 97.1 Å². The number of nitrogens with zero attached hydrogens (tertiary/aromatic N) is 2. The Morgan fingerprint density at radius 2 is 0.548 bits per heavy atom. The van der Waals surface area contributed by atoms with E-state index in [1.807, 2.05) is 0 Å². The van der Waals surface area contributed by atoms with Crippen molar-refractivity contribution in [1.82, 2.24) is 0 Å². The Labute approximate surface area is 248 Å². The van der Waals surface area contributed by atoms with Crippen LogP contribution in [0.2, 0.25) is 0 Å². The highest BCUT2D eigenvalue weighted by atomic mass is 15.2. The zero-order valence-corrected chi connectivity index (χ0v) is 23.6. The summed E-state index contributed by atoms with van der Waals surface area (Å²) in [4.78, 5) is 4.86. The highest BCUT2D eigenvalue weighted by Crippen LogP contribution is 2.44. The molecule has 2 heteroatoms. The van der Waals surface area contributed by atoms with E-state index in [1.165, 1.54) is 67.5 Å². The molecule has 6 aromatic rings. The Hall–Kier alpha value is -5.08. The second kappa shape index (κ2) is 10.4. The minimum Gasteiger partial charge on any atom is -0.310 e. The first-order chi connectivity index (χ1) is 20.8. The number of para-hydroxylation sites is 4. The number of hydrogen-bond donors (Lipinski definition) is 0. The summed E-state index contributed by atoms with van der Waals surface area (Å²) in [6.45, 7) is 0. The van der Waals surface area contributed by atoms with E-state index in [2.05, 4.69) is 155 Å². The van der Waals surface area contributed by atoms with Crippen molar-refractivity contribution in [3.05, 3.63) is 168 Å². The number of aryl methyl sites for hydroxylation is 4. The lowest BCUT2D eigenvalue weighted by atomic mass is 10.0. The molecule has 0 radical (unpaired) electrons. The molecule has 6 aromatic carbocycles. The third-order valence-electron chi connectivity index (χ3n) is 8.84. The monoisotopic (exact) mass is 540 g/mol. The lowest BCUT2D eigenvalue weighted by Gasteiger charge is -2.28. The summed E-state index contributed by atoms with van der Waals surface area (Å²) >= 11 is 0. The fourth-order valence-corrected chi connectivity index (χ4v) is 6.72. The van der Waals surface area contributed by atoms with Gasteiger partial charge in [-0.25, -0.2) is 0 Å². The van der Waals surface area contributed by atoms with Crippen molar-refractivity contribution in [1.29, 1.82) is 0 Å². The maximum atomic E-state index is 2.43. The van der Waals surface area contributed by atoms with Gasteiger partial charge in [-0.15, -0.1) is 0 Å². The van der Waals surface area contributed by atoms with E-state index in [9.17, 15) is 0 Å². The first-order valence-electron chi connectivity index (χ1n) is 15.0. The highest BCUT2D eigenvalue weighted by molar-refractivity contribution is 5.84. The molecule has 0 atom stereocenters. The zero-order valence-electron chi connectivity index (χ0n) is 23.6. The van der Waals surface area contributed by atoms with Crippen molar-refractivity contribution in [3.8, 4) is 11.1 Å². The van der Waals surface area contributed by atoms with Gasteiger partial charge >= 0.3 is 0 Å². The average Bonchev–Trinajstić information content (AvgIpc) is 3.33. The predicted molar refractivity (Wildman–Crippen MR) is 176 cm³/mol. The van der Waals surface area contributed by atoms with Crippen LogP contribution in [0.15, 0.2) is 146 Å².